The van der Waals surface area contributed by atoms with Crippen LogP contribution in [0.5, 0.6) is 34.9 Å². The summed E-state index contributed by atoms with van der Waals surface area (Å²) in [6.07, 6.45) is -51.4. The zero-order chi connectivity index (χ0) is 92.7. The van der Waals surface area contributed by atoms with Crippen LogP contribution in [0.3, 0.4) is 0 Å². The van der Waals surface area contributed by atoms with Gasteiger partial charge in [0.2, 0.25) is 17.6 Å². The van der Waals surface area contributed by atoms with Crippen molar-refractivity contribution in [3.63, 3.8) is 0 Å². The molecule has 6 heterocycles. The summed E-state index contributed by atoms with van der Waals surface area (Å²) in [6, 6.07) is 60.7. The summed E-state index contributed by atoms with van der Waals surface area (Å²) in [7, 11) is 0. The van der Waals surface area contributed by atoms with Crippen molar-refractivity contribution in [1.29, 1.82) is 0 Å². The number of hydrogen-bond acceptors (Lipinski definition) is 12. The molecule has 0 N–H and O–H groups in total. The molecule has 0 bridgehead atoms. The molecule has 0 atom stereocenters. The Kier molecular flexibility index (Phi) is 26.8. The molecule has 0 aliphatic rings. The number of hydrogen-bond donors (Lipinski definition) is 0. The van der Waals surface area contributed by atoms with Crippen molar-refractivity contribution >= 4 is 129 Å². The summed E-state index contributed by atoms with van der Waals surface area (Å²) in [5.41, 5.74) is -24.5. The van der Waals surface area contributed by atoms with Gasteiger partial charge in [0.1, 0.15) is 22.8 Å². The summed E-state index contributed by atoms with van der Waals surface area (Å²) < 4.78 is 393. The fourth-order valence-electron chi connectivity index (χ4n) is 14.7. The van der Waals surface area contributed by atoms with E-state index in [4.69, 9.17) is 14.2 Å². The van der Waals surface area contributed by atoms with Crippen LogP contribution >= 0.6 is 34.0 Å². The van der Waals surface area contributed by atoms with Crippen LogP contribution in [0.25, 0.3) is 127 Å². The minimum absolute atomic E-state index is 0. The summed E-state index contributed by atoms with van der Waals surface area (Å²) in [6.45, 7) is 1.71. The number of alkyl halides is 27. The van der Waals surface area contributed by atoms with Gasteiger partial charge in [0, 0.05) is 110 Å². The Labute approximate surface area is 775 Å². The third-order valence-corrected chi connectivity index (χ3v) is 23.6. The van der Waals surface area contributed by atoms with Gasteiger partial charge in [-0.15, -0.1) is 86.1 Å². The van der Waals surface area contributed by atoms with Crippen LogP contribution in [0.2, 0.25) is 0 Å². The monoisotopic (exact) mass is 2440 g/mol. The van der Waals surface area contributed by atoms with Crippen LogP contribution in [0, 0.1) is 39.0 Å². The van der Waals surface area contributed by atoms with Crippen LogP contribution < -0.4 is 14.2 Å². The fraction of sp³-hybridized carbons (Fsp3) is 0.133. The number of halogens is 27. The molecule has 12 aromatic carbocycles. The third-order valence-electron chi connectivity index (χ3n) is 20.4. The van der Waals surface area contributed by atoms with Gasteiger partial charge < -0.3 is 14.2 Å². The summed E-state index contributed by atoms with van der Waals surface area (Å²) >= 11 is 3.96. The maximum absolute atomic E-state index is 14.2. The number of benzene rings is 12. The molecule has 687 valence electrons. The number of rotatable bonds is 9. The van der Waals surface area contributed by atoms with Crippen molar-refractivity contribution < 1.29 is 193 Å². The van der Waals surface area contributed by atoms with Gasteiger partial charge in [-0.25, -0.2) is 34.0 Å². The van der Waals surface area contributed by atoms with Crippen molar-refractivity contribution in [2.45, 2.75) is 76.4 Å². The van der Waals surface area contributed by atoms with Crippen molar-refractivity contribution in [2.75, 3.05) is 0 Å². The topological polar surface area (TPSA) is 105 Å². The minimum atomic E-state index is -5.97. The predicted octanol–water partition coefficient (Wildman–Crippen LogP) is 31.9. The van der Waals surface area contributed by atoms with Gasteiger partial charge in [-0.3, -0.25) is 0 Å². The average molecular weight is 2440 g/mol. The maximum Gasteiger partial charge on any atom is 0.420 e. The Balaban J connectivity index is 0.000000166. The predicted molar refractivity (Wildman–Crippen MR) is 429 cm³/mol. The molecule has 9 nitrogen and oxygen atoms in total. The molecule has 0 amide bonds. The second-order valence-corrected chi connectivity index (χ2v) is 31.8. The van der Waals surface area contributed by atoms with E-state index < -0.39 is 169 Å². The first-order valence-corrected chi connectivity index (χ1v) is 39.4. The number of ether oxygens (including phenoxy) is 3. The molecule has 0 aliphatic heterocycles. The molecule has 6 aromatic heterocycles. The molecular weight excluding hydrogens is 2400 g/mol. The van der Waals surface area contributed by atoms with E-state index >= 15 is 0 Å². The Morgan fingerprint density at radius 3 is 0.826 bits per heavy atom. The van der Waals surface area contributed by atoms with Gasteiger partial charge in [-0.2, -0.15) is 134 Å². The average Bonchev–Trinajstić information content (AvgIpc) is 0.843. The molecule has 0 fully saturated rings. The molecule has 18 aromatic rings. The largest absolute Gasteiger partial charge is 0.437 e. The maximum atomic E-state index is 14.2. The zero-order valence-corrected chi connectivity index (χ0v) is 75.0. The van der Waals surface area contributed by atoms with E-state index in [-0.39, 0.29) is 93.9 Å². The Morgan fingerprint density at radius 2 is 0.515 bits per heavy atom. The SMILES string of the molecule is Cc1c(C(F)(F)F)cc(C(F)(F)F)c(C(F)(F)F)c1Oc1nnc(-c2[c-]c3ccccc3s2)c2cc3ccccc3cc12.Cc1c(Oc2nnc(-c3[c-]c4ccccc4s3)c3cc4ccccc4cc23)c(C(F)(F)F)cc(C(F)(F)F)c1C(F)(F)F.Cc1c(Oc2nnc(-c3[c-]c4ccccc4s3)c3cc4ccccc4cc23)cc(C(F)(F)F)c(C(F)(F)F)c1C(F)(F)F.[Ir].[Ir].[Ir]. The summed E-state index contributed by atoms with van der Waals surface area (Å²) in [5, 5.41) is 31.8. The second kappa shape index (κ2) is 36.0. The van der Waals surface area contributed by atoms with Crippen LogP contribution in [-0.2, 0) is 116 Å². The Hall–Kier alpha value is -11.2. The van der Waals surface area contributed by atoms with Crippen molar-refractivity contribution in [2.24, 2.45) is 0 Å². The van der Waals surface area contributed by atoms with Crippen molar-refractivity contribution in [3.8, 4) is 66.6 Å². The molecule has 3 radical (unpaired) electrons. The van der Waals surface area contributed by atoms with Crippen LogP contribution in [0.1, 0.15) is 66.8 Å². The quantitative estimate of drug-likeness (QED) is 0.0794. The van der Waals surface area contributed by atoms with E-state index in [1.807, 2.05) is 66.7 Å². The molecule has 0 aliphatic carbocycles. The number of fused-ring (bicyclic) bond motifs is 9. The van der Waals surface area contributed by atoms with Crippen LogP contribution in [0.4, 0.5) is 119 Å². The van der Waals surface area contributed by atoms with E-state index in [0.717, 1.165) is 35.6 Å². The smallest absolute Gasteiger partial charge is 0.420 e. The van der Waals surface area contributed by atoms with E-state index in [9.17, 15) is 119 Å². The van der Waals surface area contributed by atoms with Gasteiger partial charge >= 0.3 is 55.6 Å². The third kappa shape index (κ3) is 19.4. The molecule has 0 saturated heterocycles. The molecule has 132 heavy (non-hydrogen) atoms. The first-order valence-electron chi connectivity index (χ1n) is 36.9. The van der Waals surface area contributed by atoms with Gasteiger partial charge in [0.15, 0.2) is 0 Å². The molecule has 42 heteroatoms. The van der Waals surface area contributed by atoms with E-state index in [2.05, 4.69) is 48.8 Å². The minimum Gasteiger partial charge on any atom is -0.437 e. The normalized spacial score (nSPS) is 12.6. The van der Waals surface area contributed by atoms with Crippen molar-refractivity contribution in [1.82, 2.24) is 30.6 Å². The van der Waals surface area contributed by atoms with Gasteiger partial charge in [0.05, 0.1) is 44.5 Å². The molecule has 0 spiro atoms. The summed E-state index contributed by atoms with van der Waals surface area (Å²) in [4.78, 5) is 1.60. The van der Waals surface area contributed by atoms with Crippen LogP contribution in [0.15, 0.2) is 200 Å². The number of nitrogens with zero attached hydrogens (tertiary/aromatic N) is 6. The van der Waals surface area contributed by atoms with Gasteiger partial charge in [-0.05, 0) is 134 Å². The van der Waals surface area contributed by atoms with Gasteiger partial charge in [0.25, 0.3) is 0 Å². The second-order valence-electron chi connectivity index (χ2n) is 28.6. The molecule has 0 saturated carbocycles. The van der Waals surface area contributed by atoms with Gasteiger partial charge in [-0.1, -0.05) is 127 Å². The standard InChI is InChI=1S/3C30H14F9N2OS.3Ir/c1-14-24(30(37,38)39)20(28(31,32)33)13-21(29(34,35)36)26(14)42-27-19-11-16-7-3-2-6-15(16)10-18(19)25(40-41-27)23-12-17-8-4-5-9-22(17)43-23;1-14-21(13-20(28(31,32)33)25(30(37,38)39)24(14)29(34,35)36)42-27-19-11-16-7-3-2-6-15(16)10-18(19)26(40-41-27)23-12-17-8-4-5-9-22(17)43-23;1-14-20(28(31,32)33)13-21(29(34,35)36)24(30(37,38)39)26(14)42-27-19-11-16-7-3-2-6-15(16)10-18(19)25(40-41-27)23-12-17-8-4-5-9-22(17)43-23;;;/h3*2-11,13H,1H3;;;/q3*-1;;;. The van der Waals surface area contributed by atoms with E-state index in [1.165, 1.54) is 46.1 Å². The van der Waals surface area contributed by atoms with E-state index in [1.54, 1.807) is 103 Å². The fourth-order valence-corrected chi connectivity index (χ4v) is 17.7. The number of thiophene rings is 3. The Bertz CT molecular complexity index is 7440. The van der Waals surface area contributed by atoms with Crippen molar-refractivity contribution in [3.05, 3.63) is 285 Å². The molecule has 18 rings (SSSR count). The molecular formula is C90H42F27Ir3N6O3S3-3. The van der Waals surface area contributed by atoms with E-state index in [0.29, 0.717) is 84.2 Å². The zero-order valence-electron chi connectivity index (χ0n) is 65.4. The number of aromatic nitrogens is 6. The first kappa shape index (κ1) is 98.3. The van der Waals surface area contributed by atoms with Crippen LogP contribution in [-0.4, -0.2) is 30.6 Å². The molecule has 0 unspecified atom stereocenters. The summed E-state index contributed by atoms with van der Waals surface area (Å²) in [5.74, 6) is -6.04. The Morgan fingerprint density at radius 1 is 0.242 bits per heavy atom. The first-order chi connectivity index (χ1) is 60.4.